The van der Waals surface area contributed by atoms with E-state index in [1.165, 1.54) is 11.8 Å². The number of nitrogens with one attached hydrogen (secondary N) is 1. The Morgan fingerprint density at radius 2 is 1.76 bits per heavy atom. The Morgan fingerprint density at radius 3 is 2.40 bits per heavy atom. The van der Waals surface area contributed by atoms with Crippen LogP contribution >= 0.6 is 11.8 Å². The Kier molecular flexibility index (Phi) is 5.32. The van der Waals surface area contributed by atoms with Gasteiger partial charge in [-0.3, -0.25) is 9.59 Å². The molecular formula is C20H16N2O2S. The summed E-state index contributed by atoms with van der Waals surface area (Å²) in [5, 5.41) is 12.8. The van der Waals surface area contributed by atoms with E-state index < -0.39 is 0 Å². The van der Waals surface area contributed by atoms with Crippen molar-refractivity contribution in [1.29, 1.82) is 5.26 Å². The largest absolute Gasteiger partial charge is 0.320 e. The quantitative estimate of drug-likeness (QED) is 0.838. The number of benzene rings is 2. The number of hydrogen-bond acceptors (Lipinski definition) is 4. The molecule has 25 heavy (non-hydrogen) atoms. The highest BCUT2D eigenvalue weighted by molar-refractivity contribution is 8.03. The summed E-state index contributed by atoms with van der Waals surface area (Å²) < 4.78 is 0. The van der Waals surface area contributed by atoms with Gasteiger partial charge in [0.1, 0.15) is 0 Å². The second-order valence-electron chi connectivity index (χ2n) is 5.65. The molecule has 1 amide bonds. The molecule has 2 aromatic rings. The third-order valence-electron chi connectivity index (χ3n) is 4.00. The molecule has 0 aromatic heterocycles. The molecule has 3 rings (SSSR count). The van der Waals surface area contributed by atoms with E-state index in [2.05, 4.69) is 11.4 Å². The topological polar surface area (TPSA) is 70.0 Å². The first-order valence-corrected chi connectivity index (χ1v) is 8.87. The van der Waals surface area contributed by atoms with Gasteiger partial charge in [-0.05, 0) is 5.56 Å². The van der Waals surface area contributed by atoms with Crippen molar-refractivity contribution in [3.05, 3.63) is 82.4 Å². The van der Waals surface area contributed by atoms with Crippen molar-refractivity contribution >= 4 is 23.5 Å². The van der Waals surface area contributed by atoms with Crippen molar-refractivity contribution in [1.82, 2.24) is 5.32 Å². The molecule has 0 spiro atoms. The van der Waals surface area contributed by atoms with E-state index in [1.54, 1.807) is 12.1 Å². The van der Waals surface area contributed by atoms with Gasteiger partial charge in [-0.15, -0.1) is 0 Å². The Bertz CT molecular complexity index is 854. The van der Waals surface area contributed by atoms with Crippen molar-refractivity contribution in [3.8, 4) is 6.07 Å². The van der Waals surface area contributed by atoms with Gasteiger partial charge in [-0.2, -0.15) is 5.26 Å². The molecule has 1 aliphatic rings. The molecule has 1 heterocycles. The second kappa shape index (κ2) is 7.82. The Balaban J connectivity index is 1.82. The zero-order chi connectivity index (χ0) is 17.6. The first kappa shape index (κ1) is 17.0. The number of thioether (sulfide) groups is 1. The van der Waals surface area contributed by atoms with Crippen LogP contribution in [0.25, 0.3) is 0 Å². The maximum absolute atomic E-state index is 12.3. The summed E-state index contributed by atoms with van der Waals surface area (Å²) in [6.07, 6.45) is 0.240. The molecule has 0 saturated heterocycles. The highest BCUT2D eigenvalue weighted by Crippen LogP contribution is 2.35. The minimum atomic E-state index is -0.269. The monoisotopic (exact) mass is 348 g/mol. The third-order valence-corrected chi connectivity index (χ3v) is 5.02. The summed E-state index contributed by atoms with van der Waals surface area (Å²) in [6.45, 7) is 0. The zero-order valence-corrected chi connectivity index (χ0v) is 14.3. The van der Waals surface area contributed by atoms with Crippen molar-refractivity contribution in [2.45, 2.75) is 12.3 Å². The smallest absolute Gasteiger partial charge is 0.225 e. The minimum absolute atomic E-state index is 0.0357. The van der Waals surface area contributed by atoms with Crippen molar-refractivity contribution < 1.29 is 9.59 Å². The summed E-state index contributed by atoms with van der Waals surface area (Å²) in [5.74, 6) is -0.268. The van der Waals surface area contributed by atoms with Crippen molar-refractivity contribution in [2.75, 3.05) is 5.75 Å². The zero-order valence-electron chi connectivity index (χ0n) is 13.4. The van der Waals surface area contributed by atoms with E-state index in [-0.39, 0.29) is 29.8 Å². The Morgan fingerprint density at radius 1 is 1.12 bits per heavy atom. The summed E-state index contributed by atoms with van der Waals surface area (Å²) in [6, 6.07) is 20.7. The Hall–Kier alpha value is -2.84. The first-order valence-electron chi connectivity index (χ1n) is 7.89. The number of amides is 1. The molecule has 0 bridgehead atoms. The lowest BCUT2D eigenvalue weighted by Gasteiger charge is -2.25. The normalized spacial score (nSPS) is 16.9. The third kappa shape index (κ3) is 3.98. The maximum atomic E-state index is 12.3. The molecule has 0 aliphatic carbocycles. The lowest BCUT2D eigenvalue weighted by molar-refractivity contribution is -0.120. The number of carbonyl (C=O) groups is 2. The van der Waals surface area contributed by atoms with Crippen LogP contribution in [0.1, 0.15) is 28.3 Å². The predicted molar refractivity (Wildman–Crippen MR) is 97.8 cm³/mol. The lowest BCUT2D eigenvalue weighted by atomic mass is 9.87. The van der Waals surface area contributed by atoms with Crippen LogP contribution in [0.2, 0.25) is 0 Å². The van der Waals surface area contributed by atoms with Crippen LogP contribution in [0.3, 0.4) is 0 Å². The van der Waals surface area contributed by atoms with Crippen LogP contribution in [-0.2, 0) is 4.79 Å². The average Bonchev–Trinajstić information content (AvgIpc) is 2.67. The molecule has 0 unspecified atom stereocenters. The number of Topliss-reactive ketones (excluding diaryl/α,β-unsaturated/α-hetero) is 1. The maximum Gasteiger partial charge on any atom is 0.225 e. The van der Waals surface area contributed by atoms with Gasteiger partial charge in [-0.1, -0.05) is 72.4 Å². The molecule has 0 radical (unpaired) electrons. The van der Waals surface area contributed by atoms with Crippen LogP contribution in [0.15, 0.2) is 71.3 Å². The standard InChI is InChI=1S/C20H16N2O2S/c21-12-17-16(14-7-3-1-4-8-14)11-19(24)22-20(17)25-13-18(23)15-9-5-2-6-10-15/h1-10,16H,11,13H2,(H,22,24)/t16-/m1/s1. The average molecular weight is 348 g/mol. The molecule has 0 fully saturated rings. The molecule has 1 aliphatic heterocycles. The first-order chi connectivity index (χ1) is 12.2. The number of allylic oxidation sites excluding steroid dienone is 1. The number of nitriles is 1. The summed E-state index contributed by atoms with van der Waals surface area (Å²) >= 11 is 1.21. The summed E-state index contributed by atoms with van der Waals surface area (Å²) in [5.41, 5.74) is 2.06. The molecule has 124 valence electrons. The van der Waals surface area contributed by atoms with Gasteiger partial charge < -0.3 is 5.32 Å². The highest BCUT2D eigenvalue weighted by atomic mass is 32.2. The van der Waals surface area contributed by atoms with Crippen LogP contribution in [0.5, 0.6) is 0 Å². The van der Waals surface area contributed by atoms with E-state index in [9.17, 15) is 14.9 Å². The summed E-state index contributed by atoms with van der Waals surface area (Å²) in [7, 11) is 0. The van der Waals surface area contributed by atoms with E-state index >= 15 is 0 Å². The fourth-order valence-electron chi connectivity index (χ4n) is 2.75. The van der Waals surface area contributed by atoms with Gasteiger partial charge in [0, 0.05) is 17.9 Å². The minimum Gasteiger partial charge on any atom is -0.320 e. The van der Waals surface area contributed by atoms with Gasteiger partial charge in [-0.25, -0.2) is 0 Å². The van der Waals surface area contributed by atoms with E-state index in [0.29, 0.717) is 16.2 Å². The molecule has 5 heteroatoms. The molecular weight excluding hydrogens is 332 g/mol. The number of ketones is 1. The van der Waals surface area contributed by atoms with Crippen LogP contribution < -0.4 is 5.32 Å². The van der Waals surface area contributed by atoms with Gasteiger partial charge >= 0.3 is 0 Å². The molecule has 2 aromatic carbocycles. The number of hydrogen-bond donors (Lipinski definition) is 1. The number of nitrogens with zero attached hydrogens (tertiary/aromatic N) is 1. The number of carbonyl (C=O) groups excluding carboxylic acids is 2. The van der Waals surface area contributed by atoms with Gasteiger partial charge in [0.25, 0.3) is 0 Å². The van der Waals surface area contributed by atoms with Crippen LogP contribution in [0.4, 0.5) is 0 Å². The molecule has 0 saturated carbocycles. The van der Waals surface area contributed by atoms with E-state index in [1.807, 2.05) is 48.5 Å². The fraction of sp³-hybridized carbons (Fsp3) is 0.150. The van der Waals surface area contributed by atoms with Crippen LogP contribution in [0, 0.1) is 11.3 Å². The molecule has 1 atom stereocenters. The number of rotatable bonds is 5. The van der Waals surface area contributed by atoms with Crippen molar-refractivity contribution in [3.63, 3.8) is 0 Å². The van der Waals surface area contributed by atoms with Crippen molar-refractivity contribution in [2.24, 2.45) is 0 Å². The van der Waals surface area contributed by atoms with E-state index in [0.717, 1.165) is 5.56 Å². The van der Waals surface area contributed by atoms with Crippen LogP contribution in [-0.4, -0.2) is 17.4 Å². The van der Waals surface area contributed by atoms with Gasteiger partial charge in [0.05, 0.1) is 22.4 Å². The Labute approximate surface area is 150 Å². The molecule has 1 N–H and O–H groups in total. The fourth-order valence-corrected chi connectivity index (χ4v) is 3.72. The second-order valence-corrected chi connectivity index (χ2v) is 6.63. The summed E-state index contributed by atoms with van der Waals surface area (Å²) in [4.78, 5) is 24.4. The predicted octanol–water partition coefficient (Wildman–Crippen LogP) is 3.64. The van der Waals surface area contributed by atoms with Gasteiger partial charge in [0.15, 0.2) is 5.78 Å². The van der Waals surface area contributed by atoms with E-state index in [4.69, 9.17) is 0 Å². The van der Waals surface area contributed by atoms with Gasteiger partial charge in [0.2, 0.25) is 5.91 Å². The highest BCUT2D eigenvalue weighted by Gasteiger charge is 2.29. The lowest BCUT2D eigenvalue weighted by Crippen LogP contribution is -2.31. The SMILES string of the molecule is N#CC1=C(SCC(=O)c2ccccc2)NC(=O)C[C@@H]1c1ccccc1. The molecule has 4 nitrogen and oxygen atoms in total.